The van der Waals surface area contributed by atoms with E-state index in [-0.39, 0.29) is 18.2 Å². The van der Waals surface area contributed by atoms with Gasteiger partial charge in [-0.3, -0.25) is 9.59 Å². The van der Waals surface area contributed by atoms with Crippen molar-refractivity contribution in [2.24, 2.45) is 0 Å². The molecule has 0 aliphatic carbocycles. The van der Waals surface area contributed by atoms with Gasteiger partial charge in [0, 0.05) is 5.56 Å². The third-order valence-corrected chi connectivity index (χ3v) is 4.53. The van der Waals surface area contributed by atoms with Crippen LogP contribution in [-0.4, -0.2) is 18.4 Å². The fourth-order valence-electron chi connectivity index (χ4n) is 2.93. The standard InChI is InChI=1S/C22H19F3N2O2/c1-14(17-7-6-15-4-2-3-5-18(15)12-17)27-20(28)13-26-21(29)16-8-10-19(11-9-16)22(23,24)25/h2-12,14H,13H2,1H3,(H,26,29)(H,27,28)/t14-/m1/s1. The van der Waals surface area contributed by atoms with Crippen LogP contribution in [-0.2, 0) is 11.0 Å². The summed E-state index contributed by atoms with van der Waals surface area (Å²) in [7, 11) is 0. The second kappa shape index (κ2) is 8.34. The monoisotopic (exact) mass is 400 g/mol. The third kappa shape index (κ3) is 5.13. The molecule has 0 saturated heterocycles. The van der Waals surface area contributed by atoms with Crippen molar-refractivity contribution in [3.8, 4) is 0 Å². The first kappa shape index (κ1) is 20.4. The van der Waals surface area contributed by atoms with Crippen LogP contribution in [0.3, 0.4) is 0 Å². The van der Waals surface area contributed by atoms with Gasteiger partial charge in [-0.25, -0.2) is 0 Å². The van der Waals surface area contributed by atoms with Crippen LogP contribution in [0.15, 0.2) is 66.7 Å². The summed E-state index contributed by atoms with van der Waals surface area (Å²) in [6.07, 6.45) is -4.46. The number of carbonyl (C=O) groups is 2. The first-order chi connectivity index (χ1) is 13.7. The van der Waals surface area contributed by atoms with Crippen molar-refractivity contribution >= 4 is 22.6 Å². The van der Waals surface area contributed by atoms with Gasteiger partial charge in [0.2, 0.25) is 5.91 Å². The molecule has 0 unspecified atom stereocenters. The molecule has 0 radical (unpaired) electrons. The molecule has 4 nitrogen and oxygen atoms in total. The molecule has 3 rings (SSSR count). The SMILES string of the molecule is C[C@@H](NC(=O)CNC(=O)c1ccc(C(F)(F)F)cc1)c1ccc2ccccc2c1. The molecule has 0 bridgehead atoms. The van der Waals surface area contributed by atoms with Gasteiger partial charge in [0.15, 0.2) is 0 Å². The molecule has 0 fully saturated rings. The van der Waals surface area contributed by atoms with E-state index >= 15 is 0 Å². The van der Waals surface area contributed by atoms with Gasteiger partial charge in [-0.1, -0.05) is 36.4 Å². The first-order valence-electron chi connectivity index (χ1n) is 8.97. The van der Waals surface area contributed by atoms with Crippen LogP contribution in [0, 0.1) is 0 Å². The van der Waals surface area contributed by atoms with Crippen LogP contribution in [0.25, 0.3) is 10.8 Å². The Morgan fingerprint density at radius 1 is 0.931 bits per heavy atom. The number of amides is 2. The Bertz CT molecular complexity index is 1030. The summed E-state index contributed by atoms with van der Waals surface area (Å²) in [4.78, 5) is 24.2. The Morgan fingerprint density at radius 2 is 1.59 bits per heavy atom. The predicted molar refractivity (Wildman–Crippen MR) is 104 cm³/mol. The smallest absolute Gasteiger partial charge is 0.348 e. The third-order valence-electron chi connectivity index (χ3n) is 4.53. The molecule has 3 aromatic rings. The zero-order valence-electron chi connectivity index (χ0n) is 15.6. The second-order valence-electron chi connectivity index (χ2n) is 6.65. The van der Waals surface area contributed by atoms with Gasteiger partial charge in [0.1, 0.15) is 0 Å². The lowest BCUT2D eigenvalue weighted by Crippen LogP contribution is -2.38. The zero-order chi connectivity index (χ0) is 21.0. The molecule has 1 atom stereocenters. The van der Waals surface area contributed by atoms with Gasteiger partial charge >= 0.3 is 6.18 Å². The van der Waals surface area contributed by atoms with Crippen molar-refractivity contribution in [2.45, 2.75) is 19.1 Å². The molecule has 2 N–H and O–H groups in total. The van der Waals surface area contributed by atoms with E-state index in [1.165, 1.54) is 0 Å². The molecular formula is C22H19F3N2O2. The van der Waals surface area contributed by atoms with Crippen LogP contribution in [0.2, 0.25) is 0 Å². The zero-order valence-corrected chi connectivity index (χ0v) is 15.6. The summed E-state index contributed by atoms with van der Waals surface area (Å²) in [5.74, 6) is -1.02. The fourth-order valence-corrected chi connectivity index (χ4v) is 2.93. The van der Waals surface area contributed by atoms with E-state index in [0.717, 1.165) is 40.6 Å². The van der Waals surface area contributed by atoms with Crippen molar-refractivity contribution in [3.63, 3.8) is 0 Å². The Morgan fingerprint density at radius 3 is 2.24 bits per heavy atom. The summed E-state index contributed by atoms with van der Waals surface area (Å²) in [6, 6.07) is 17.3. The van der Waals surface area contributed by atoms with Crippen molar-refractivity contribution in [3.05, 3.63) is 83.4 Å². The Balaban J connectivity index is 1.55. The minimum absolute atomic E-state index is 0.0494. The maximum absolute atomic E-state index is 12.6. The van der Waals surface area contributed by atoms with E-state index < -0.39 is 23.6 Å². The van der Waals surface area contributed by atoms with Crippen molar-refractivity contribution in [1.29, 1.82) is 0 Å². The second-order valence-corrected chi connectivity index (χ2v) is 6.65. The first-order valence-corrected chi connectivity index (χ1v) is 8.97. The van der Waals surface area contributed by atoms with Gasteiger partial charge in [0.05, 0.1) is 18.2 Å². The molecule has 7 heteroatoms. The van der Waals surface area contributed by atoms with E-state index in [9.17, 15) is 22.8 Å². The molecule has 0 aromatic heterocycles. The summed E-state index contributed by atoms with van der Waals surface area (Å²) in [5, 5.41) is 7.36. The minimum atomic E-state index is -4.46. The Labute approximate surface area is 165 Å². The molecule has 0 saturated carbocycles. The van der Waals surface area contributed by atoms with E-state index in [1.54, 1.807) is 0 Å². The number of rotatable bonds is 5. The molecule has 0 aliphatic heterocycles. The Hall–Kier alpha value is -3.35. The summed E-state index contributed by atoms with van der Waals surface area (Å²) in [6.45, 7) is 1.55. The summed E-state index contributed by atoms with van der Waals surface area (Å²) < 4.78 is 37.7. The average molecular weight is 400 g/mol. The van der Waals surface area contributed by atoms with E-state index in [1.807, 2.05) is 49.4 Å². The number of fused-ring (bicyclic) bond motifs is 1. The van der Waals surface area contributed by atoms with E-state index in [0.29, 0.717) is 0 Å². The van der Waals surface area contributed by atoms with Gasteiger partial charge in [-0.15, -0.1) is 0 Å². The van der Waals surface area contributed by atoms with Gasteiger partial charge in [-0.05, 0) is 53.6 Å². The van der Waals surface area contributed by atoms with Gasteiger partial charge in [0.25, 0.3) is 5.91 Å². The topological polar surface area (TPSA) is 58.2 Å². The highest BCUT2D eigenvalue weighted by atomic mass is 19.4. The molecule has 3 aromatic carbocycles. The lowest BCUT2D eigenvalue weighted by atomic mass is 10.0. The quantitative estimate of drug-likeness (QED) is 0.664. The highest BCUT2D eigenvalue weighted by Gasteiger charge is 2.30. The van der Waals surface area contributed by atoms with E-state index in [2.05, 4.69) is 10.6 Å². The molecular weight excluding hydrogens is 381 g/mol. The van der Waals surface area contributed by atoms with Gasteiger partial charge in [-0.2, -0.15) is 13.2 Å². The molecule has 0 heterocycles. The summed E-state index contributed by atoms with van der Waals surface area (Å²) in [5.41, 5.74) is 0.135. The van der Waals surface area contributed by atoms with Crippen LogP contribution in [0.4, 0.5) is 13.2 Å². The van der Waals surface area contributed by atoms with Crippen molar-refractivity contribution < 1.29 is 22.8 Å². The molecule has 150 valence electrons. The van der Waals surface area contributed by atoms with Crippen LogP contribution >= 0.6 is 0 Å². The highest BCUT2D eigenvalue weighted by Crippen LogP contribution is 2.29. The number of halogens is 3. The minimum Gasteiger partial charge on any atom is -0.348 e. The Kier molecular flexibility index (Phi) is 5.87. The predicted octanol–water partition coefficient (Wildman–Crippen LogP) is 4.47. The van der Waals surface area contributed by atoms with Crippen LogP contribution < -0.4 is 10.6 Å². The number of alkyl halides is 3. The lowest BCUT2D eigenvalue weighted by molar-refractivity contribution is -0.137. The van der Waals surface area contributed by atoms with Gasteiger partial charge < -0.3 is 10.6 Å². The molecule has 0 aliphatic rings. The fraction of sp³-hybridized carbons (Fsp3) is 0.182. The molecule has 0 spiro atoms. The number of benzene rings is 3. The summed E-state index contributed by atoms with van der Waals surface area (Å²) >= 11 is 0. The molecule has 29 heavy (non-hydrogen) atoms. The number of hydrogen-bond donors (Lipinski definition) is 2. The van der Waals surface area contributed by atoms with E-state index in [4.69, 9.17) is 0 Å². The lowest BCUT2D eigenvalue weighted by Gasteiger charge is -2.15. The normalized spacial score (nSPS) is 12.4. The maximum Gasteiger partial charge on any atom is 0.416 e. The molecule has 2 amide bonds. The van der Waals surface area contributed by atoms with Crippen molar-refractivity contribution in [1.82, 2.24) is 10.6 Å². The van der Waals surface area contributed by atoms with Crippen LogP contribution in [0.5, 0.6) is 0 Å². The van der Waals surface area contributed by atoms with Crippen LogP contribution in [0.1, 0.15) is 34.5 Å². The largest absolute Gasteiger partial charge is 0.416 e. The average Bonchev–Trinajstić information content (AvgIpc) is 2.71. The number of carbonyl (C=O) groups excluding carboxylic acids is 2. The highest BCUT2D eigenvalue weighted by molar-refractivity contribution is 5.96. The number of nitrogens with one attached hydrogen (secondary N) is 2. The van der Waals surface area contributed by atoms with Crippen molar-refractivity contribution in [2.75, 3.05) is 6.54 Å². The number of hydrogen-bond acceptors (Lipinski definition) is 2. The maximum atomic E-state index is 12.6.